The van der Waals surface area contributed by atoms with Gasteiger partial charge in [-0.1, -0.05) is 66.2 Å². The van der Waals surface area contributed by atoms with Gasteiger partial charge in [-0.05, 0) is 41.2 Å². The summed E-state index contributed by atoms with van der Waals surface area (Å²) in [7, 11) is -2.86. The zero-order valence-electron chi connectivity index (χ0n) is 17.6. The van der Waals surface area contributed by atoms with Gasteiger partial charge in [0.2, 0.25) is 5.78 Å². The van der Waals surface area contributed by atoms with Crippen LogP contribution < -0.4 is 4.74 Å². The Balaban J connectivity index is 2.07. The highest BCUT2D eigenvalue weighted by atomic mass is 32.2. The summed E-state index contributed by atoms with van der Waals surface area (Å²) in [6, 6.07) is 23.2. The number of rotatable bonds is 9. The number of ether oxygens (including phenoxy) is 1. The Bertz CT molecular complexity index is 1100. The molecule has 31 heavy (non-hydrogen) atoms. The van der Waals surface area contributed by atoms with E-state index in [4.69, 9.17) is 4.74 Å². The van der Waals surface area contributed by atoms with Gasteiger partial charge < -0.3 is 9.46 Å². The molecular formula is C24H25NO4S2. The van der Waals surface area contributed by atoms with E-state index in [9.17, 15) is 13.2 Å². The van der Waals surface area contributed by atoms with Crippen molar-refractivity contribution in [3.05, 3.63) is 101 Å². The maximum Gasteiger partial charge on any atom is 0.213 e. The van der Waals surface area contributed by atoms with Crippen molar-refractivity contribution in [3.63, 3.8) is 0 Å². The lowest BCUT2D eigenvalue weighted by Gasteiger charge is -2.35. The molecular weight excluding hydrogens is 430 g/mol. The predicted molar refractivity (Wildman–Crippen MR) is 126 cm³/mol. The number of nitrogens with zero attached hydrogens (tertiary/aromatic N) is 1. The number of carbonyl (C=O) groups is 1. The van der Waals surface area contributed by atoms with Crippen LogP contribution in [0.25, 0.3) is 4.72 Å². The van der Waals surface area contributed by atoms with Gasteiger partial charge in [0.15, 0.2) is 5.25 Å². The van der Waals surface area contributed by atoms with Crippen molar-refractivity contribution in [1.29, 1.82) is 0 Å². The normalized spacial score (nSPS) is 13.5. The Morgan fingerprint density at radius 2 is 1.42 bits per heavy atom. The van der Waals surface area contributed by atoms with Gasteiger partial charge in [-0.25, -0.2) is 8.42 Å². The van der Waals surface area contributed by atoms with Crippen LogP contribution in [0.1, 0.15) is 22.0 Å². The summed E-state index contributed by atoms with van der Waals surface area (Å²) in [6.07, 6.45) is 3.87. The quantitative estimate of drug-likeness (QED) is 0.348. The lowest BCUT2D eigenvalue weighted by Crippen LogP contribution is -2.36. The number of ketones is 1. The van der Waals surface area contributed by atoms with Gasteiger partial charge in [0.25, 0.3) is 0 Å². The van der Waals surface area contributed by atoms with Crippen molar-refractivity contribution in [2.75, 3.05) is 19.6 Å². The highest BCUT2D eigenvalue weighted by Gasteiger charge is 2.36. The summed E-state index contributed by atoms with van der Waals surface area (Å²) >= 11 is 0. The molecule has 7 heteroatoms. The Kier molecular flexibility index (Phi) is 7.54. The van der Waals surface area contributed by atoms with Crippen molar-refractivity contribution in [2.24, 2.45) is 0 Å². The largest absolute Gasteiger partial charge is 0.534 e. The Hall–Kier alpha value is -2.61. The lowest BCUT2D eigenvalue weighted by atomic mass is 9.98. The van der Waals surface area contributed by atoms with Crippen LogP contribution in [0.15, 0.2) is 89.8 Å². The number of methoxy groups -OCH3 is 1. The van der Waals surface area contributed by atoms with Gasteiger partial charge in [-0.2, -0.15) is 0 Å². The molecule has 3 rings (SSSR count). The smallest absolute Gasteiger partial charge is 0.213 e. The van der Waals surface area contributed by atoms with E-state index in [1.807, 2.05) is 18.6 Å². The number of benzene rings is 3. The Labute approximate surface area is 186 Å². The molecule has 162 valence electrons. The summed E-state index contributed by atoms with van der Waals surface area (Å²) in [4.78, 5) is 13.6. The van der Waals surface area contributed by atoms with Crippen molar-refractivity contribution >= 4 is 26.7 Å². The fourth-order valence-electron chi connectivity index (χ4n) is 3.28. The second-order valence-corrected chi connectivity index (χ2v) is 11.0. The van der Waals surface area contributed by atoms with Crippen LogP contribution in [-0.4, -0.2) is 39.1 Å². The van der Waals surface area contributed by atoms with Crippen molar-refractivity contribution in [3.8, 4) is 5.75 Å². The molecule has 2 atom stereocenters. The zero-order valence-corrected chi connectivity index (χ0v) is 19.3. The molecule has 0 saturated heterocycles. The summed E-state index contributed by atoms with van der Waals surface area (Å²) in [6.45, 7) is 0. The SMILES string of the molecule is COc1ccc(C([N-]S(=O)(=O)c2ccccc2)C(C(=O)c2ccccc2)[S+](C)C)cc1. The molecule has 0 bridgehead atoms. The van der Waals surface area contributed by atoms with Crippen LogP contribution in [0.3, 0.4) is 0 Å². The van der Waals surface area contributed by atoms with E-state index < -0.39 is 32.2 Å². The molecule has 0 aliphatic carbocycles. The number of hydrogen-bond donors (Lipinski definition) is 0. The van der Waals surface area contributed by atoms with Gasteiger partial charge >= 0.3 is 0 Å². The average molecular weight is 456 g/mol. The van der Waals surface area contributed by atoms with E-state index in [0.717, 1.165) is 0 Å². The summed E-state index contributed by atoms with van der Waals surface area (Å²) < 4.78 is 35.8. The third kappa shape index (κ3) is 5.55. The van der Waals surface area contributed by atoms with Crippen LogP contribution in [0.5, 0.6) is 5.75 Å². The van der Waals surface area contributed by atoms with Crippen LogP contribution in [0.4, 0.5) is 0 Å². The van der Waals surface area contributed by atoms with Gasteiger partial charge in [-0.3, -0.25) is 4.79 Å². The molecule has 5 nitrogen and oxygen atoms in total. The standard InChI is InChI=1S/C24H25NO4S2/c1-29-20-16-14-18(15-17-20)22(25-31(27,28)21-12-8-5-9-13-21)24(30(2)3)23(26)19-10-6-4-7-11-19/h4-17,22,24H,1-3H3. The molecule has 0 heterocycles. The fraction of sp³-hybridized carbons (Fsp3) is 0.208. The molecule has 2 unspecified atom stereocenters. The first-order chi connectivity index (χ1) is 14.8. The topological polar surface area (TPSA) is 74.5 Å². The van der Waals surface area contributed by atoms with Gasteiger partial charge in [0, 0.05) is 10.5 Å². The van der Waals surface area contributed by atoms with Crippen LogP contribution in [-0.2, 0) is 20.9 Å². The first-order valence-electron chi connectivity index (χ1n) is 9.65. The monoisotopic (exact) mass is 455 g/mol. The second-order valence-electron chi connectivity index (χ2n) is 7.14. The first-order valence-corrected chi connectivity index (χ1v) is 13.2. The molecule has 0 amide bonds. The molecule has 0 radical (unpaired) electrons. The van der Waals surface area contributed by atoms with Crippen molar-refractivity contribution < 1.29 is 17.9 Å². The maximum absolute atomic E-state index is 13.5. The molecule has 0 fully saturated rings. The first kappa shape index (κ1) is 23.1. The van der Waals surface area contributed by atoms with Gasteiger partial charge in [0.1, 0.15) is 15.8 Å². The number of carbonyl (C=O) groups excluding carboxylic acids is 1. The van der Waals surface area contributed by atoms with Gasteiger partial charge in [-0.15, -0.1) is 0 Å². The van der Waals surface area contributed by atoms with E-state index in [2.05, 4.69) is 4.72 Å². The van der Waals surface area contributed by atoms with Gasteiger partial charge in [0.05, 0.1) is 19.6 Å². The number of Topliss-reactive ketones (excluding diaryl/α,β-unsaturated/α-hetero) is 1. The Morgan fingerprint density at radius 3 is 1.94 bits per heavy atom. The molecule has 3 aromatic rings. The second kappa shape index (κ2) is 10.1. The average Bonchev–Trinajstić information content (AvgIpc) is 2.79. The molecule has 0 N–H and O–H groups in total. The third-order valence-electron chi connectivity index (χ3n) is 4.86. The summed E-state index contributed by atoms with van der Waals surface area (Å²) in [5.41, 5.74) is 1.19. The maximum atomic E-state index is 13.5. The van der Waals surface area contributed by atoms with E-state index in [0.29, 0.717) is 16.9 Å². The number of sulfonamides is 1. The minimum absolute atomic E-state index is 0.103. The molecule has 3 aromatic carbocycles. The summed E-state index contributed by atoms with van der Waals surface area (Å²) in [5.74, 6) is 0.521. The molecule has 0 saturated carbocycles. The molecule has 0 spiro atoms. The van der Waals surface area contributed by atoms with Crippen LogP contribution in [0.2, 0.25) is 0 Å². The number of hydrogen-bond acceptors (Lipinski definition) is 4. The van der Waals surface area contributed by atoms with Crippen molar-refractivity contribution in [2.45, 2.75) is 16.2 Å². The highest BCUT2D eigenvalue weighted by Crippen LogP contribution is 2.37. The van der Waals surface area contributed by atoms with Crippen LogP contribution >= 0.6 is 0 Å². The minimum Gasteiger partial charge on any atom is -0.534 e. The molecule has 0 aromatic heterocycles. The zero-order chi connectivity index (χ0) is 22.4. The predicted octanol–water partition coefficient (Wildman–Crippen LogP) is 4.63. The Morgan fingerprint density at radius 1 is 0.871 bits per heavy atom. The van der Waals surface area contributed by atoms with E-state index in [1.54, 1.807) is 73.8 Å². The van der Waals surface area contributed by atoms with E-state index >= 15 is 0 Å². The van der Waals surface area contributed by atoms with Crippen molar-refractivity contribution in [1.82, 2.24) is 0 Å². The third-order valence-corrected chi connectivity index (χ3v) is 7.72. The lowest BCUT2D eigenvalue weighted by molar-refractivity contribution is 0.0984. The fourth-order valence-corrected chi connectivity index (χ4v) is 5.82. The molecule has 0 aliphatic rings. The van der Waals surface area contributed by atoms with E-state index in [1.165, 1.54) is 12.1 Å². The molecule has 0 aliphatic heterocycles. The van der Waals surface area contributed by atoms with Crippen LogP contribution in [0, 0.1) is 0 Å². The summed E-state index contributed by atoms with van der Waals surface area (Å²) in [5, 5.41) is -0.630. The minimum atomic E-state index is -3.97. The van der Waals surface area contributed by atoms with E-state index in [-0.39, 0.29) is 10.7 Å². The highest BCUT2D eigenvalue weighted by molar-refractivity contribution is 7.97.